The van der Waals surface area contributed by atoms with Crippen LogP contribution in [0.15, 0.2) is 42.3 Å². The highest BCUT2D eigenvalue weighted by molar-refractivity contribution is 6.04. The fraction of sp³-hybridized carbons (Fsp3) is 0.694. The number of hydrogen-bond donors (Lipinski definition) is 1. The molecule has 0 bridgehead atoms. The Kier molecular flexibility index (Phi) is 6.20. The summed E-state index contributed by atoms with van der Waals surface area (Å²) in [7, 11) is 0. The number of allylic oxidation sites excluding steroid dienone is 2. The lowest BCUT2D eigenvalue weighted by Crippen LogP contribution is -2.67. The second-order valence-electron chi connectivity index (χ2n) is 15.9. The molecule has 1 heterocycles. The Hall–Kier alpha value is -2.23. The molecule has 6 rings (SSSR count). The summed E-state index contributed by atoms with van der Waals surface area (Å²) in [5, 5.41) is 0. The second kappa shape index (κ2) is 8.88. The van der Waals surface area contributed by atoms with Gasteiger partial charge in [0, 0.05) is 17.8 Å². The van der Waals surface area contributed by atoms with Crippen LogP contribution in [0.3, 0.4) is 0 Å². The van der Waals surface area contributed by atoms with Crippen molar-refractivity contribution in [3.05, 3.63) is 47.8 Å². The lowest BCUT2D eigenvalue weighted by molar-refractivity contribution is -0.229. The Bertz CT molecular complexity index is 1280. The highest BCUT2D eigenvalue weighted by Crippen LogP contribution is 2.77. The summed E-state index contributed by atoms with van der Waals surface area (Å²) in [6.45, 7) is 18.7. The van der Waals surface area contributed by atoms with Gasteiger partial charge < -0.3 is 5.73 Å². The fourth-order valence-corrected chi connectivity index (χ4v) is 12.2. The summed E-state index contributed by atoms with van der Waals surface area (Å²) >= 11 is 0. The molecule has 1 aromatic heterocycles. The Morgan fingerprint density at radius 1 is 1.00 bits per heavy atom. The Morgan fingerprint density at radius 2 is 1.75 bits per heavy atom. The number of ketones is 1. The molecule has 0 spiro atoms. The lowest BCUT2D eigenvalue weighted by Gasteiger charge is -2.72. The maximum Gasteiger partial charge on any atom is 0.223 e. The molecule has 0 saturated heterocycles. The molecule has 40 heavy (non-hydrogen) atoms. The maximum absolute atomic E-state index is 14.0. The smallest absolute Gasteiger partial charge is 0.223 e. The summed E-state index contributed by atoms with van der Waals surface area (Å²) in [6.07, 6.45) is 15.2. The number of fused-ring (bicyclic) bond motifs is 7. The molecule has 2 N–H and O–H groups in total. The summed E-state index contributed by atoms with van der Waals surface area (Å²) in [5.74, 6) is 2.36. The molecule has 4 heteroatoms. The number of amides is 1. The van der Waals surface area contributed by atoms with Crippen LogP contribution in [0.5, 0.6) is 0 Å². The van der Waals surface area contributed by atoms with E-state index in [1.54, 1.807) is 6.20 Å². The molecule has 5 fully saturated rings. The van der Waals surface area contributed by atoms with E-state index in [9.17, 15) is 9.59 Å². The van der Waals surface area contributed by atoms with Crippen molar-refractivity contribution in [1.29, 1.82) is 0 Å². The molecule has 0 aliphatic heterocycles. The molecular formula is C36H50N2O2. The number of primary amides is 1. The van der Waals surface area contributed by atoms with Crippen LogP contribution in [-0.4, -0.2) is 16.7 Å². The van der Waals surface area contributed by atoms with Gasteiger partial charge in [-0.1, -0.05) is 52.8 Å². The molecule has 1 amide bonds. The Morgan fingerprint density at radius 3 is 2.40 bits per heavy atom. The molecule has 0 aromatic carbocycles. The topological polar surface area (TPSA) is 73.1 Å². The molecule has 4 nitrogen and oxygen atoms in total. The monoisotopic (exact) mass is 542 g/mol. The van der Waals surface area contributed by atoms with Crippen molar-refractivity contribution >= 4 is 17.8 Å². The number of rotatable bonds is 3. The van der Waals surface area contributed by atoms with Crippen molar-refractivity contribution in [2.24, 2.45) is 62.4 Å². The van der Waals surface area contributed by atoms with Gasteiger partial charge in [0.05, 0.1) is 5.41 Å². The number of pyridine rings is 1. The predicted octanol–water partition coefficient (Wildman–Crippen LogP) is 7.79. The van der Waals surface area contributed by atoms with Gasteiger partial charge in [-0.3, -0.25) is 14.6 Å². The molecule has 5 aliphatic carbocycles. The second-order valence-corrected chi connectivity index (χ2v) is 15.9. The Balaban J connectivity index is 1.42. The molecule has 1 aromatic rings. The number of hydrogen-bond acceptors (Lipinski definition) is 3. The first-order valence-electron chi connectivity index (χ1n) is 15.8. The van der Waals surface area contributed by atoms with Crippen molar-refractivity contribution in [2.45, 2.75) is 99.3 Å². The highest BCUT2D eigenvalue weighted by Gasteiger charge is 2.72. The molecule has 0 unspecified atom stereocenters. The highest BCUT2D eigenvalue weighted by atomic mass is 16.1. The zero-order valence-corrected chi connectivity index (χ0v) is 25.7. The van der Waals surface area contributed by atoms with E-state index >= 15 is 0 Å². The third-order valence-corrected chi connectivity index (χ3v) is 14.2. The van der Waals surface area contributed by atoms with Gasteiger partial charge in [-0.25, -0.2) is 0 Å². The van der Waals surface area contributed by atoms with Gasteiger partial charge in [0.15, 0.2) is 5.78 Å². The Labute approximate surface area is 241 Å². The summed E-state index contributed by atoms with van der Waals surface area (Å²) in [6, 6.07) is 4.00. The van der Waals surface area contributed by atoms with Crippen LogP contribution in [0, 0.1) is 56.7 Å². The van der Waals surface area contributed by atoms with E-state index in [4.69, 9.17) is 5.73 Å². The average Bonchev–Trinajstić information content (AvgIpc) is 3.30. The molecule has 9 atom stereocenters. The zero-order valence-electron chi connectivity index (χ0n) is 25.7. The van der Waals surface area contributed by atoms with E-state index in [0.29, 0.717) is 35.4 Å². The minimum atomic E-state index is -0.385. The normalized spacial score (nSPS) is 46.6. The largest absolute Gasteiger partial charge is 0.369 e. The minimum absolute atomic E-state index is 0.0497. The van der Waals surface area contributed by atoms with E-state index < -0.39 is 0 Å². The standard InChI is InChI=1S/C36H50N2O2/c1-22(2)25-12-15-36(31(37)40)17-16-34(6)26(29(25)36)10-11-28-33(5)20-24(19-23-9-8-18-38-21-23)30(39)32(3,4)27(33)13-14-35(28,34)7/h8-9,18-19,21,25-29H,1,10-17,20H2,2-7H3,(H2,37,40)/b24-19-/t25-,26+,27-,28+,29+,33-,34+,35+,36-/m0/s1. The van der Waals surface area contributed by atoms with Crippen molar-refractivity contribution in [1.82, 2.24) is 4.98 Å². The van der Waals surface area contributed by atoms with Gasteiger partial charge in [0.1, 0.15) is 0 Å². The van der Waals surface area contributed by atoms with Crippen LogP contribution >= 0.6 is 0 Å². The molecule has 5 saturated carbocycles. The summed E-state index contributed by atoms with van der Waals surface area (Å²) in [5.41, 5.74) is 9.08. The third-order valence-electron chi connectivity index (χ3n) is 14.2. The van der Waals surface area contributed by atoms with Crippen molar-refractivity contribution in [3.63, 3.8) is 0 Å². The zero-order chi connectivity index (χ0) is 28.9. The molecule has 216 valence electrons. The molecular weight excluding hydrogens is 492 g/mol. The van der Waals surface area contributed by atoms with Gasteiger partial charge in [-0.05, 0) is 134 Å². The van der Waals surface area contributed by atoms with E-state index in [-0.39, 0.29) is 33.0 Å². The predicted molar refractivity (Wildman–Crippen MR) is 161 cm³/mol. The van der Waals surface area contributed by atoms with Crippen LogP contribution < -0.4 is 5.73 Å². The number of nitrogens with two attached hydrogens (primary N) is 1. The van der Waals surface area contributed by atoms with Crippen LogP contribution in [0.25, 0.3) is 6.08 Å². The van der Waals surface area contributed by atoms with Crippen molar-refractivity contribution in [2.75, 3.05) is 0 Å². The number of nitrogens with zero attached hydrogens (tertiary/aromatic N) is 1. The van der Waals surface area contributed by atoms with Crippen LogP contribution in [-0.2, 0) is 9.59 Å². The van der Waals surface area contributed by atoms with Crippen LogP contribution in [0.2, 0.25) is 0 Å². The number of Topliss-reactive ketones (excluding diaryl/α,β-unsaturated/α-hetero) is 1. The summed E-state index contributed by atoms with van der Waals surface area (Å²) < 4.78 is 0. The van der Waals surface area contributed by atoms with Crippen molar-refractivity contribution < 1.29 is 9.59 Å². The molecule has 5 aliphatic rings. The van der Waals surface area contributed by atoms with Gasteiger partial charge in [-0.2, -0.15) is 0 Å². The minimum Gasteiger partial charge on any atom is -0.369 e. The first kappa shape index (κ1) is 27.9. The van der Waals surface area contributed by atoms with Gasteiger partial charge in [-0.15, -0.1) is 0 Å². The van der Waals surface area contributed by atoms with Crippen LogP contribution in [0.1, 0.15) is 105 Å². The first-order chi connectivity index (χ1) is 18.7. The fourth-order valence-electron chi connectivity index (χ4n) is 12.2. The van der Waals surface area contributed by atoms with E-state index in [1.807, 2.05) is 12.3 Å². The number of carbonyl (C=O) groups is 2. The van der Waals surface area contributed by atoms with Crippen molar-refractivity contribution in [3.8, 4) is 0 Å². The molecule has 0 radical (unpaired) electrons. The summed E-state index contributed by atoms with van der Waals surface area (Å²) in [4.78, 5) is 31.4. The number of carbonyl (C=O) groups excluding carboxylic acids is 2. The first-order valence-corrected chi connectivity index (χ1v) is 15.8. The average molecular weight is 543 g/mol. The number of aromatic nitrogens is 1. The van der Waals surface area contributed by atoms with Gasteiger partial charge in [0.2, 0.25) is 5.91 Å². The van der Waals surface area contributed by atoms with Gasteiger partial charge in [0.25, 0.3) is 0 Å². The van der Waals surface area contributed by atoms with Gasteiger partial charge >= 0.3 is 0 Å². The van der Waals surface area contributed by atoms with E-state index in [2.05, 4.69) is 65.2 Å². The quantitative estimate of drug-likeness (QED) is 0.313. The van der Waals surface area contributed by atoms with E-state index in [0.717, 1.165) is 62.5 Å². The van der Waals surface area contributed by atoms with Crippen LogP contribution in [0.4, 0.5) is 0 Å². The third kappa shape index (κ3) is 3.46. The SMILES string of the molecule is C=C(C)[C@@H]1CC[C@]2(C(N)=O)CC[C@]3(C)[C@H](CC[C@@H]4[C@@]5(C)C/C(=C/c6cccnc6)C(=O)C(C)(C)[C@@H]5CC[C@]43C)[C@@H]12. The maximum atomic E-state index is 14.0. The van der Waals surface area contributed by atoms with E-state index in [1.165, 1.54) is 12.0 Å². The lowest BCUT2D eigenvalue weighted by atomic mass is 9.32.